The summed E-state index contributed by atoms with van der Waals surface area (Å²) in [5.41, 5.74) is 0.688. The summed E-state index contributed by atoms with van der Waals surface area (Å²) in [5, 5.41) is 8.65. The van der Waals surface area contributed by atoms with Crippen LogP contribution in [0.3, 0.4) is 0 Å². The molecule has 0 radical (unpaired) electrons. The molecule has 0 spiro atoms. The predicted octanol–water partition coefficient (Wildman–Crippen LogP) is 1.27. The van der Waals surface area contributed by atoms with E-state index in [0.29, 0.717) is 12.0 Å². The lowest BCUT2D eigenvalue weighted by molar-refractivity contribution is -0.124. The minimum atomic E-state index is -0.0726. The first-order valence-electron chi connectivity index (χ1n) is 4.64. The van der Waals surface area contributed by atoms with Gasteiger partial charge in [0.05, 0.1) is 12.2 Å². The van der Waals surface area contributed by atoms with Crippen LogP contribution in [0.5, 0.6) is 0 Å². The van der Waals surface area contributed by atoms with Gasteiger partial charge in [0.2, 0.25) is 0 Å². The van der Waals surface area contributed by atoms with Gasteiger partial charge in [-0.15, -0.1) is 0 Å². The third-order valence-electron chi connectivity index (χ3n) is 2.43. The molecule has 2 atom stereocenters. The highest BCUT2D eigenvalue weighted by Gasteiger charge is 2.28. The smallest absolute Gasteiger partial charge is 0.168 e. The lowest BCUT2D eigenvalue weighted by atomic mass is 9.91. The molecule has 1 aliphatic heterocycles. The number of ether oxygens (including phenoxy) is 1. The molecule has 0 aromatic carbocycles. The standard InChI is InChI=1S/C10H16O3/c1-7-6-13-9(4-3-5-11)8(2)10(7)12/h6,8-9,11H,3-5H2,1-2H3/t8-,9+/m0/s1. The highest BCUT2D eigenvalue weighted by Crippen LogP contribution is 2.23. The maximum absolute atomic E-state index is 11.5. The van der Waals surface area contributed by atoms with Crippen LogP contribution >= 0.6 is 0 Å². The molecule has 0 bridgehead atoms. The number of aliphatic hydroxyl groups excluding tert-OH is 1. The minimum absolute atomic E-state index is 0.0525. The predicted molar refractivity (Wildman–Crippen MR) is 49.1 cm³/mol. The number of carbonyl (C=O) groups is 1. The molecule has 1 heterocycles. The molecule has 1 N–H and O–H groups in total. The van der Waals surface area contributed by atoms with Crippen molar-refractivity contribution in [1.29, 1.82) is 0 Å². The Balaban J connectivity index is 2.55. The van der Waals surface area contributed by atoms with Crippen LogP contribution in [-0.2, 0) is 9.53 Å². The molecule has 13 heavy (non-hydrogen) atoms. The van der Waals surface area contributed by atoms with Gasteiger partial charge in [-0.3, -0.25) is 4.79 Å². The van der Waals surface area contributed by atoms with Crippen molar-refractivity contribution < 1.29 is 14.6 Å². The van der Waals surface area contributed by atoms with Crippen molar-refractivity contribution in [3.05, 3.63) is 11.8 Å². The molecule has 0 fully saturated rings. The fourth-order valence-electron chi connectivity index (χ4n) is 1.50. The van der Waals surface area contributed by atoms with Crippen LogP contribution in [-0.4, -0.2) is 23.6 Å². The molecular formula is C10H16O3. The first-order valence-corrected chi connectivity index (χ1v) is 4.64. The minimum Gasteiger partial charge on any atom is -0.497 e. The summed E-state index contributed by atoms with van der Waals surface area (Å²) in [6.45, 7) is 3.80. The molecule has 0 aromatic rings. The van der Waals surface area contributed by atoms with Gasteiger partial charge in [-0.1, -0.05) is 6.92 Å². The summed E-state index contributed by atoms with van der Waals surface area (Å²) in [6, 6.07) is 0. The van der Waals surface area contributed by atoms with E-state index < -0.39 is 0 Å². The number of hydrogen-bond acceptors (Lipinski definition) is 3. The maximum atomic E-state index is 11.5. The van der Waals surface area contributed by atoms with Gasteiger partial charge in [-0.25, -0.2) is 0 Å². The van der Waals surface area contributed by atoms with Crippen LogP contribution in [0.15, 0.2) is 11.8 Å². The molecule has 3 nitrogen and oxygen atoms in total. The van der Waals surface area contributed by atoms with Crippen molar-refractivity contribution in [2.24, 2.45) is 5.92 Å². The molecule has 0 saturated carbocycles. The Hall–Kier alpha value is -0.830. The summed E-state index contributed by atoms with van der Waals surface area (Å²) in [5.74, 6) is 0.0886. The zero-order chi connectivity index (χ0) is 9.84. The molecule has 0 aliphatic carbocycles. The summed E-state index contributed by atoms with van der Waals surface area (Å²) < 4.78 is 5.38. The normalized spacial score (nSPS) is 28.2. The highest BCUT2D eigenvalue weighted by molar-refractivity contribution is 5.97. The highest BCUT2D eigenvalue weighted by atomic mass is 16.5. The Kier molecular flexibility index (Phi) is 3.48. The molecule has 1 rings (SSSR count). The van der Waals surface area contributed by atoms with E-state index in [-0.39, 0.29) is 24.4 Å². The lowest BCUT2D eigenvalue weighted by Gasteiger charge is -2.26. The molecule has 0 unspecified atom stereocenters. The number of rotatable bonds is 3. The Labute approximate surface area is 78.4 Å². The Morgan fingerprint density at radius 3 is 2.92 bits per heavy atom. The van der Waals surface area contributed by atoms with Crippen molar-refractivity contribution in [2.45, 2.75) is 32.8 Å². The van der Waals surface area contributed by atoms with E-state index in [1.54, 1.807) is 6.92 Å². The number of hydrogen-bond donors (Lipinski definition) is 1. The van der Waals surface area contributed by atoms with Gasteiger partial charge in [0.1, 0.15) is 6.10 Å². The maximum Gasteiger partial charge on any atom is 0.168 e. The Morgan fingerprint density at radius 2 is 2.31 bits per heavy atom. The van der Waals surface area contributed by atoms with Gasteiger partial charge >= 0.3 is 0 Å². The molecular weight excluding hydrogens is 168 g/mol. The van der Waals surface area contributed by atoms with Crippen molar-refractivity contribution >= 4 is 5.78 Å². The first kappa shape index (κ1) is 10.3. The fraction of sp³-hybridized carbons (Fsp3) is 0.700. The van der Waals surface area contributed by atoms with Crippen LogP contribution in [0.25, 0.3) is 0 Å². The summed E-state index contributed by atoms with van der Waals surface area (Å²) in [7, 11) is 0. The number of allylic oxidation sites excluding steroid dienone is 1. The Bertz CT molecular complexity index is 220. The second-order valence-electron chi connectivity index (χ2n) is 3.49. The number of aliphatic hydroxyl groups is 1. The zero-order valence-electron chi connectivity index (χ0n) is 8.12. The van der Waals surface area contributed by atoms with Crippen LogP contribution in [0.4, 0.5) is 0 Å². The average molecular weight is 184 g/mol. The van der Waals surface area contributed by atoms with Crippen LogP contribution < -0.4 is 0 Å². The van der Waals surface area contributed by atoms with Gasteiger partial charge in [0.15, 0.2) is 5.78 Å². The summed E-state index contributed by atoms with van der Waals surface area (Å²) in [4.78, 5) is 11.5. The van der Waals surface area contributed by atoms with Crippen molar-refractivity contribution in [3.63, 3.8) is 0 Å². The summed E-state index contributed by atoms with van der Waals surface area (Å²) in [6.07, 6.45) is 2.91. The van der Waals surface area contributed by atoms with Crippen LogP contribution in [0.2, 0.25) is 0 Å². The van der Waals surface area contributed by atoms with Gasteiger partial charge < -0.3 is 9.84 Å². The molecule has 0 saturated heterocycles. The topological polar surface area (TPSA) is 46.5 Å². The monoisotopic (exact) mass is 184 g/mol. The van der Waals surface area contributed by atoms with E-state index in [4.69, 9.17) is 9.84 Å². The molecule has 74 valence electrons. The van der Waals surface area contributed by atoms with Gasteiger partial charge in [-0.2, -0.15) is 0 Å². The second-order valence-corrected chi connectivity index (χ2v) is 3.49. The second kappa shape index (κ2) is 4.42. The number of ketones is 1. The van der Waals surface area contributed by atoms with E-state index in [1.165, 1.54) is 6.26 Å². The number of carbonyl (C=O) groups excluding carboxylic acids is 1. The average Bonchev–Trinajstić information content (AvgIpc) is 2.13. The molecule has 3 heteroatoms. The quantitative estimate of drug-likeness (QED) is 0.718. The van der Waals surface area contributed by atoms with Crippen molar-refractivity contribution in [1.82, 2.24) is 0 Å². The molecule has 1 aliphatic rings. The van der Waals surface area contributed by atoms with Crippen molar-refractivity contribution in [2.75, 3.05) is 6.61 Å². The van der Waals surface area contributed by atoms with Crippen molar-refractivity contribution in [3.8, 4) is 0 Å². The third-order valence-corrected chi connectivity index (χ3v) is 2.43. The van der Waals surface area contributed by atoms with Crippen LogP contribution in [0, 0.1) is 5.92 Å². The van der Waals surface area contributed by atoms with E-state index in [9.17, 15) is 4.79 Å². The third kappa shape index (κ3) is 2.31. The van der Waals surface area contributed by atoms with E-state index in [2.05, 4.69) is 0 Å². The molecule has 0 amide bonds. The number of Topliss-reactive ketones (excluding diaryl/α,β-unsaturated/α-hetero) is 1. The van der Waals surface area contributed by atoms with E-state index in [0.717, 1.165) is 6.42 Å². The van der Waals surface area contributed by atoms with E-state index >= 15 is 0 Å². The van der Waals surface area contributed by atoms with Gasteiger partial charge in [-0.05, 0) is 19.8 Å². The zero-order valence-corrected chi connectivity index (χ0v) is 8.12. The summed E-state index contributed by atoms with van der Waals surface area (Å²) >= 11 is 0. The molecule has 0 aromatic heterocycles. The van der Waals surface area contributed by atoms with Gasteiger partial charge in [0.25, 0.3) is 0 Å². The van der Waals surface area contributed by atoms with E-state index in [1.807, 2.05) is 6.92 Å². The largest absolute Gasteiger partial charge is 0.497 e. The SMILES string of the molecule is CC1=CO[C@H](CCCO)[C@H](C)C1=O. The Morgan fingerprint density at radius 1 is 1.62 bits per heavy atom. The first-order chi connectivity index (χ1) is 6.16. The van der Waals surface area contributed by atoms with Gasteiger partial charge in [0, 0.05) is 12.2 Å². The fourth-order valence-corrected chi connectivity index (χ4v) is 1.50. The lowest BCUT2D eigenvalue weighted by Crippen LogP contribution is -2.31. The van der Waals surface area contributed by atoms with Crippen LogP contribution in [0.1, 0.15) is 26.7 Å².